The quantitative estimate of drug-likeness (QED) is 0.850. The average Bonchev–Trinajstić information content (AvgIpc) is 3.27. The van der Waals surface area contributed by atoms with Crippen molar-refractivity contribution in [3.63, 3.8) is 0 Å². The topological polar surface area (TPSA) is 66.4 Å². The van der Waals surface area contributed by atoms with Gasteiger partial charge in [0.1, 0.15) is 0 Å². The van der Waals surface area contributed by atoms with E-state index in [4.69, 9.17) is 5.11 Å². The molecule has 0 radical (unpaired) electrons. The number of carbonyl (C=O) groups is 2. The summed E-state index contributed by atoms with van der Waals surface area (Å²) in [5.41, 5.74) is 1.09. The summed E-state index contributed by atoms with van der Waals surface area (Å²) in [6.45, 7) is 0.411. The standard InChI is InChI=1S/C15H17NO3/c17-14(13-7-12(13)10-4-5-10)16-8-9-2-1-3-11(6-9)15(18)19/h1-3,6,10,12-13H,4-5,7-8H2,(H,16,17)(H,18,19)/t12-,13+/m0/s1. The average molecular weight is 259 g/mol. The van der Waals surface area contributed by atoms with Crippen molar-refractivity contribution in [2.24, 2.45) is 17.8 Å². The Labute approximate surface area is 111 Å². The summed E-state index contributed by atoms with van der Waals surface area (Å²) in [5, 5.41) is 11.8. The van der Waals surface area contributed by atoms with Crippen LogP contribution in [0.2, 0.25) is 0 Å². The van der Waals surface area contributed by atoms with Crippen molar-refractivity contribution >= 4 is 11.9 Å². The van der Waals surface area contributed by atoms with Gasteiger partial charge in [-0.2, -0.15) is 0 Å². The maximum Gasteiger partial charge on any atom is 0.335 e. The third kappa shape index (κ3) is 2.78. The minimum Gasteiger partial charge on any atom is -0.478 e. The minimum absolute atomic E-state index is 0.123. The van der Waals surface area contributed by atoms with E-state index in [-0.39, 0.29) is 17.4 Å². The fraction of sp³-hybridized carbons (Fsp3) is 0.467. The van der Waals surface area contributed by atoms with Crippen molar-refractivity contribution < 1.29 is 14.7 Å². The molecule has 2 atom stereocenters. The third-order valence-electron chi connectivity index (χ3n) is 4.04. The molecule has 4 heteroatoms. The van der Waals surface area contributed by atoms with Crippen molar-refractivity contribution in [1.29, 1.82) is 0 Å². The lowest BCUT2D eigenvalue weighted by atomic mass is 10.1. The van der Waals surface area contributed by atoms with E-state index in [0.29, 0.717) is 12.5 Å². The zero-order valence-corrected chi connectivity index (χ0v) is 10.6. The first-order chi connectivity index (χ1) is 9.15. The fourth-order valence-corrected chi connectivity index (χ4v) is 2.70. The molecule has 0 saturated heterocycles. The molecular formula is C15H17NO3. The Morgan fingerprint density at radius 2 is 2.11 bits per heavy atom. The maximum atomic E-state index is 11.9. The first-order valence-electron chi connectivity index (χ1n) is 6.75. The van der Waals surface area contributed by atoms with Gasteiger partial charge in [0.05, 0.1) is 5.56 Å². The number of carboxylic acids is 1. The molecule has 0 bridgehead atoms. The van der Waals surface area contributed by atoms with E-state index < -0.39 is 5.97 Å². The molecule has 19 heavy (non-hydrogen) atoms. The van der Waals surface area contributed by atoms with Crippen molar-refractivity contribution in [2.75, 3.05) is 0 Å². The number of rotatable bonds is 5. The predicted octanol–water partition coefficient (Wildman–Crippen LogP) is 2.05. The molecule has 3 rings (SSSR count). The summed E-state index contributed by atoms with van der Waals surface area (Å²) in [7, 11) is 0. The highest BCUT2D eigenvalue weighted by Gasteiger charge is 2.50. The molecule has 0 aliphatic heterocycles. The molecule has 1 amide bonds. The summed E-state index contributed by atoms with van der Waals surface area (Å²) in [6.07, 6.45) is 3.61. The van der Waals surface area contributed by atoms with Gasteiger partial charge >= 0.3 is 5.97 Å². The van der Waals surface area contributed by atoms with E-state index in [0.717, 1.165) is 17.9 Å². The highest BCUT2D eigenvalue weighted by Crippen LogP contribution is 2.54. The molecule has 0 spiro atoms. The molecule has 1 aromatic rings. The van der Waals surface area contributed by atoms with Crippen molar-refractivity contribution in [3.8, 4) is 0 Å². The largest absolute Gasteiger partial charge is 0.478 e. The van der Waals surface area contributed by atoms with Crippen molar-refractivity contribution in [3.05, 3.63) is 35.4 Å². The molecule has 2 fully saturated rings. The number of amides is 1. The van der Waals surface area contributed by atoms with E-state index in [1.54, 1.807) is 18.2 Å². The zero-order chi connectivity index (χ0) is 13.4. The molecule has 100 valence electrons. The Morgan fingerprint density at radius 3 is 2.79 bits per heavy atom. The van der Waals surface area contributed by atoms with E-state index in [9.17, 15) is 9.59 Å². The van der Waals surface area contributed by atoms with Crippen LogP contribution in [0.15, 0.2) is 24.3 Å². The molecule has 2 N–H and O–H groups in total. The van der Waals surface area contributed by atoms with Crippen LogP contribution in [-0.4, -0.2) is 17.0 Å². The highest BCUT2D eigenvalue weighted by molar-refractivity contribution is 5.87. The van der Waals surface area contributed by atoms with Gasteiger partial charge in [-0.05, 0) is 48.8 Å². The van der Waals surface area contributed by atoms with Gasteiger partial charge in [0, 0.05) is 12.5 Å². The van der Waals surface area contributed by atoms with Crippen LogP contribution in [-0.2, 0) is 11.3 Å². The smallest absolute Gasteiger partial charge is 0.335 e. The Balaban J connectivity index is 1.53. The molecule has 2 aliphatic rings. The van der Waals surface area contributed by atoms with E-state index in [1.165, 1.54) is 12.8 Å². The third-order valence-corrected chi connectivity index (χ3v) is 4.04. The van der Waals surface area contributed by atoms with Crippen LogP contribution in [0.4, 0.5) is 0 Å². The van der Waals surface area contributed by atoms with Gasteiger partial charge in [0.2, 0.25) is 5.91 Å². The summed E-state index contributed by atoms with van der Waals surface area (Å²) in [5.74, 6) is 0.799. The number of hydrogen-bond donors (Lipinski definition) is 2. The summed E-state index contributed by atoms with van der Waals surface area (Å²) in [4.78, 5) is 22.8. The second-order valence-electron chi connectivity index (χ2n) is 5.57. The Hall–Kier alpha value is -1.84. The number of nitrogens with one attached hydrogen (secondary N) is 1. The van der Waals surface area contributed by atoms with E-state index in [1.807, 2.05) is 6.07 Å². The second kappa shape index (κ2) is 4.68. The number of benzene rings is 1. The van der Waals surface area contributed by atoms with Gasteiger partial charge in [-0.1, -0.05) is 12.1 Å². The lowest BCUT2D eigenvalue weighted by molar-refractivity contribution is -0.122. The molecule has 0 unspecified atom stereocenters. The van der Waals surface area contributed by atoms with Crippen LogP contribution >= 0.6 is 0 Å². The van der Waals surface area contributed by atoms with Crippen LogP contribution in [0.3, 0.4) is 0 Å². The normalized spacial score (nSPS) is 24.8. The van der Waals surface area contributed by atoms with Crippen LogP contribution in [0.1, 0.15) is 35.2 Å². The molecule has 1 aromatic carbocycles. The maximum absolute atomic E-state index is 11.9. The second-order valence-corrected chi connectivity index (χ2v) is 5.57. The van der Waals surface area contributed by atoms with Gasteiger partial charge in [-0.3, -0.25) is 4.79 Å². The van der Waals surface area contributed by atoms with Gasteiger partial charge in [0.15, 0.2) is 0 Å². The number of carbonyl (C=O) groups excluding carboxylic acids is 1. The van der Waals surface area contributed by atoms with Crippen molar-refractivity contribution in [2.45, 2.75) is 25.8 Å². The van der Waals surface area contributed by atoms with Gasteiger partial charge in [-0.15, -0.1) is 0 Å². The van der Waals surface area contributed by atoms with Crippen LogP contribution in [0.25, 0.3) is 0 Å². The Bertz CT molecular complexity index is 522. The van der Waals surface area contributed by atoms with Gasteiger partial charge in [-0.25, -0.2) is 4.79 Å². The summed E-state index contributed by atoms with van der Waals surface area (Å²) < 4.78 is 0. The van der Waals surface area contributed by atoms with Crippen molar-refractivity contribution in [1.82, 2.24) is 5.32 Å². The molecule has 0 heterocycles. The molecule has 2 saturated carbocycles. The van der Waals surface area contributed by atoms with Crippen LogP contribution in [0, 0.1) is 17.8 Å². The molecular weight excluding hydrogens is 242 g/mol. The predicted molar refractivity (Wildman–Crippen MR) is 69.6 cm³/mol. The van der Waals surface area contributed by atoms with Gasteiger partial charge < -0.3 is 10.4 Å². The highest BCUT2D eigenvalue weighted by atomic mass is 16.4. The SMILES string of the molecule is O=C(O)c1cccc(CNC(=O)[C@@H]2C[C@H]2C2CC2)c1. The lowest BCUT2D eigenvalue weighted by Crippen LogP contribution is -2.25. The lowest BCUT2D eigenvalue weighted by Gasteiger charge is -2.06. The summed E-state index contributed by atoms with van der Waals surface area (Å²) >= 11 is 0. The monoisotopic (exact) mass is 259 g/mol. The first kappa shape index (κ1) is 12.2. The number of carboxylic acid groups (broad SMARTS) is 1. The van der Waals surface area contributed by atoms with E-state index in [2.05, 4.69) is 5.32 Å². The molecule has 2 aliphatic carbocycles. The molecule has 0 aromatic heterocycles. The summed E-state index contributed by atoms with van der Waals surface area (Å²) in [6, 6.07) is 6.69. The van der Waals surface area contributed by atoms with Crippen LogP contribution < -0.4 is 5.32 Å². The Kier molecular flexibility index (Phi) is 3.01. The van der Waals surface area contributed by atoms with E-state index >= 15 is 0 Å². The number of aromatic carboxylic acids is 1. The first-order valence-corrected chi connectivity index (χ1v) is 6.75. The van der Waals surface area contributed by atoms with Crippen LogP contribution in [0.5, 0.6) is 0 Å². The number of hydrogen-bond acceptors (Lipinski definition) is 2. The zero-order valence-electron chi connectivity index (χ0n) is 10.6. The Morgan fingerprint density at radius 1 is 1.32 bits per heavy atom. The molecule has 4 nitrogen and oxygen atoms in total. The van der Waals surface area contributed by atoms with Gasteiger partial charge in [0.25, 0.3) is 0 Å². The fourth-order valence-electron chi connectivity index (χ4n) is 2.70. The minimum atomic E-state index is -0.941.